The molecular formula is C25H34N2O3. The van der Waals surface area contributed by atoms with Crippen LogP contribution in [0.25, 0.3) is 0 Å². The molecule has 1 fully saturated rings. The Morgan fingerprint density at radius 3 is 2.47 bits per heavy atom. The molecule has 5 heteroatoms. The number of nitrogens with two attached hydrogens (primary N) is 1. The minimum Gasteiger partial charge on any atom is -0.438 e. The van der Waals surface area contributed by atoms with Crippen molar-refractivity contribution in [3.8, 4) is 0 Å². The van der Waals surface area contributed by atoms with Crippen LogP contribution in [-0.2, 0) is 15.1 Å². The number of hydrogen-bond donors (Lipinski definition) is 1. The molecule has 2 N–H and O–H groups in total. The number of benzene rings is 1. The van der Waals surface area contributed by atoms with Gasteiger partial charge in [-0.15, -0.1) is 0 Å². The summed E-state index contributed by atoms with van der Waals surface area (Å²) in [4.78, 5) is 26.9. The van der Waals surface area contributed by atoms with Crippen LogP contribution in [0, 0.1) is 5.41 Å². The Morgan fingerprint density at radius 2 is 1.93 bits per heavy atom. The first-order chi connectivity index (χ1) is 14.0. The summed E-state index contributed by atoms with van der Waals surface area (Å²) in [5.74, 6) is -0.409. The van der Waals surface area contributed by atoms with Gasteiger partial charge in [-0.05, 0) is 26.3 Å². The summed E-state index contributed by atoms with van der Waals surface area (Å²) >= 11 is 0. The van der Waals surface area contributed by atoms with Gasteiger partial charge < -0.3 is 15.4 Å². The highest BCUT2D eigenvalue weighted by atomic mass is 16.6. The van der Waals surface area contributed by atoms with Crippen molar-refractivity contribution in [2.45, 2.75) is 59.1 Å². The largest absolute Gasteiger partial charge is 0.438 e. The SMILES string of the molecule is C=C/C(C)=C\C=C(/C)[C@H](C)N1CC[C@](CC(C)(C)C(N)=O)(c2ccccc2)OC1=O. The van der Waals surface area contributed by atoms with Gasteiger partial charge in [-0.3, -0.25) is 4.79 Å². The van der Waals surface area contributed by atoms with E-state index >= 15 is 0 Å². The van der Waals surface area contributed by atoms with Crippen LogP contribution in [0.4, 0.5) is 4.79 Å². The van der Waals surface area contributed by atoms with Gasteiger partial charge in [-0.2, -0.15) is 0 Å². The second-order valence-electron chi connectivity index (χ2n) is 8.80. The summed E-state index contributed by atoms with van der Waals surface area (Å²) in [5, 5.41) is 0. The Bertz CT molecular complexity index is 854. The highest BCUT2D eigenvalue weighted by Crippen LogP contribution is 2.43. The third kappa shape index (κ3) is 5.21. The lowest BCUT2D eigenvalue weighted by atomic mass is 9.74. The van der Waals surface area contributed by atoms with E-state index in [9.17, 15) is 9.59 Å². The van der Waals surface area contributed by atoms with Gasteiger partial charge in [0.25, 0.3) is 0 Å². The van der Waals surface area contributed by atoms with Gasteiger partial charge in [0.05, 0.1) is 6.04 Å². The standard InChI is InChI=1S/C25H34N2O3/c1-7-18(2)13-14-19(3)20(4)27-16-15-25(30-23(27)29,17-24(5,6)22(26)28)21-11-9-8-10-12-21/h7-14,20H,1,15-17H2,2-6H3,(H2,26,28)/b18-13-,19-14+/t20-,25-/m0/s1. The summed E-state index contributed by atoms with van der Waals surface area (Å²) < 4.78 is 6.10. The molecule has 1 aliphatic heterocycles. The third-order valence-corrected chi connectivity index (χ3v) is 6.03. The molecule has 1 heterocycles. The van der Waals surface area contributed by atoms with Crippen molar-refractivity contribution in [3.05, 3.63) is 71.8 Å². The summed E-state index contributed by atoms with van der Waals surface area (Å²) in [6.07, 6.45) is 6.32. The number of carbonyl (C=O) groups is 2. The first kappa shape index (κ1) is 23.5. The van der Waals surface area contributed by atoms with E-state index in [4.69, 9.17) is 10.5 Å². The third-order valence-electron chi connectivity index (χ3n) is 6.03. The lowest BCUT2D eigenvalue weighted by Crippen LogP contribution is -2.53. The van der Waals surface area contributed by atoms with Crippen LogP contribution >= 0.6 is 0 Å². The van der Waals surface area contributed by atoms with E-state index < -0.39 is 16.9 Å². The minimum atomic E-state index is -0.885. The van der Waals surface area contributed by atoms with Gasteiger partial charge in [0.1, 0.15) is 5.60 Å². The van der Waals surface area contributed by atoms with Crippen LogP contribution in [0.2, 0.25) is 0 Å². The number of cyclic esters (lactones) is 1. The van der Waals surface area contributed by atoms with E-state index in [1.807, 2.05) is 63.3 Å². The molecule has 0 aliphatic carbocycles. The fraction of sp³-hybridized carbons (Fsp3) is 0.440. The maximum absolute atomic E-state index is 13.1. The number of ether oxygens (including phenoxy) is 1. The molecule has 0 unspecified atom stereocenters. The van der Waals surface area contributed by atoms with Crippen molar-refractivity contribution in [1.82, 2.24) is 4.90 Å². The number of primary amides is 1. The lowest BCUT2D eigenvalue weighted by molar-refractivity contribution is -0.133. The molecule has 1 aliphatic rings. The molecule has 2 rings (SSSR count). The minimum absolute atomic E-state index is 0.107. The molecule has 1 aromatic carbocycles. The molecule has 2 atom stereocenters. The normalized spacial score (nSPS) is 21.8. The average molecular weight is 411 g/mol. The molecule has 0 radical (unpaired) electrons. The highest BCUT2D eigenvalue weighted by Gasteiger charge is 2.47. The summed E-state index contributed by atoms with van der Waals surface area (Å²) in [5.41, 5.74) is 6.93. The van der Waals surface area contributed by atoms with Crippen LogP contribution in [0.1, 0.15) is 53.0 Å². The van der Waals surface area contributed by atoms with Gasteiger partial charge >= 0.3 is 6.09 Å². The first-order valence-corrected chi connectivity index (χ1v) is 10.3. The Morgan fingerprint density at radius 1 is 1.30 bits per heavy atom. The lowest BCUT2D eigenvalue weighted by Gasteiger charge is -2.46. The zero-order valence-corrected chi connectivity index (χ0v) is 18.8. The molecule has 1 aromatic rings. The van der Waals surface area contributed by atoms with E-state index in [0.717, 1.165) is 16.7 Å². The molecule has 0 spiro atoms. The summed E-state index contributed by atoms with van der Waals surface area (Å²) in [6.45, 7) is 13.8. The molecule has 1 saturated heterocycles. The van der Waals surface area contributed by atoms with Crippen molar-refractivity contribution in [3.63, 3.8) is 0 Å². The molecule has 5 nitrogen and oxygen atoms in total. The predicted octanol–water partition coefficient (Wildman–Crippen LogP) is 5.09. The smallest absolute Gasteiger partial charge is 0.411 e. The van der Waals surface area contributed by atoms with E-state index in [2.05, 4.69) is 6.58 Å². The van der Waals surface area contributed by atoms with E-state index in [1.54, 1.807) is 24.8 Å². The zero-order valence-electron chi connectivity index (χ0n) is 18.8. The van der Waals surface area contributed by atoms with Gasteiger partial charge in [-0.25, -0.2) is 4.79 Å². The second-order valence-corrected chi connectivity index (χ2v) is 8.80. The maximum atomic E-state index is 13.1. The average Bonchev–Trinajstić information content (AvgIpc) is 2.71. The van der Waals surface area contributed by atoms with Crippen molar-refractivity contribution in [2.75, 3.05) is 6.54 Å². The van der Waals surface area contributed by atoms with Crippen LogP contribution in [0.3, 0.4) is 0 Å². The summed E-state index contributed by atoms with van der Waals surface area (Å²) in [6, 6.07) is 9.53. The summed E-state index contributed by atoms with van der Waals surface area (Å²) in [7, 11) is 0. The molecule has 30 heavy (non-hydrogen) atoms. The number of nitrogens with zero attached hydrogens (tertiary/aromatic N) is 1. The van der Waals surface area contributed by atoms with Gasteiger partial charge in [0.2, 0.25) is 5.91 Å². The van der Waals surface area contributed by atoms with E-state index in [1.165, 1.54) is 0 Å². The van der Waals surface area contributed by atoms with Crippen LogP contribution in [0.5, 0.6) is 0 Å². The van der Waals surface area contributed by atoms with Crippen molar-refractivity contribution >= 4 is 12.0 Å². The monoisotopic (exact) mass is 410 g/mol. The first-order valence-electron chi connectivity index (χ1n) is 10.3. The van der Waals surface area contributed by atoms with E-state index in [-0.39, 0.29) is 12.1 Å². The van der Waals surface area contributed by atoms with E-state index in [0.29, 0.717) is 19.4 Å². The fourth-order valence-corrected chi connectivity index (χ4v) is 3.71. The maximum Gasteiger partial charge on any atom is 0.411 e. The number of amides is 2. The number of allylic oxidation sites excluding steroid dienone is 4. The van der Waals surface area contributed by atoms with Crippen molar-refractivity contribution < 1.29 is 14.3 Å². The Hall–Kier alpha value is -2.82. The van der Waals surface area contributed by atoms with Gasteiger partial charge in [0.15, 0.2) is 0 Å². The number of carbonyl (C=O) groups excluding carboxylic acids is 2. The predicted molar refractivity (Wildman–Crippen MR) is 121 cm³/mol. The van der Waals surface area contributed by atoms with Crippen molar-refractivity contribution in [1.29, 1.82) is 0 Å². The molecule has 0 aromatic heterocycles. The number of hydrogen-bond acceptors (Lipinski definition) is 3. The number of rotatable bonds is 8. The Labute approximate surface area is 180 Å². The second kappa shape index (κ2) is 9.33. The van der Waals surface area contributed by atoms with Crippen LogP contribution in [-0.4, -0.2) is 29.5 Å². The fourth-order valence-electron chi connectivity index (χ4n) is 3.71. The molecule has 0 bridgehead atoms. The Balaban J connectivity index is 2.31. The van der Waals surface area contributed by atoms with Crippen LogP contribution in [0.15, 0.2) is 66.3 Å². The quantitative estimate of drug-likeness (QED) is 0.607. The van der Waals surface area contributed by atoms with Gasteiger partial charge in [0, 0.05) is 24.8 Å². The molecule has 162 valence electrons. The molecular weight excluding hydrogens is 376 g/mol. The van der Waals surface area contributed by atoms with Gasteiger partial charge in [-0.1, -0.05) is 80.1 Å². The molecule has 0 saturated carbocycles. The van der Waals surface area contributed by atoms with Crippen molar-refractivity contribution in [2.24, 2.45) is 11.1 Å². The highest BCUT2D eigenvalue weighted by molar-refractivity contribution is 5.80. The topological polar surface area (TPSA) is 72.6 Å². The zero-order chi connectivity index (χ0) is 22.5. The molecule has 2 amide bonds. The van der Waals surface area contributed by atoms with Crippen LogP contribution < -0.4 is 5.73 Å². The Kier molecular flexibility index (Phi) is 7.30.